The number of nitrogens with zero attached hydrogens (tertiary/aromatic N) is 1. The molecule has 5 nitrogen and oxygen atoms in total. The Labute approximate surface area is 187 Å². The molecule has 2 aliphatic carbocycles. The van der Waals surface area contributed by atoms with Crippen LogP contribution in [-0.4, -0.2) is 25.0 Å². The van der Waals surface area contributed by atoms with Crippen LogP contribution < -0.4 is 0 Å². The van der Waals surface area contributed by atoms with Crippen molar-refractivity contribution in [3.05, 3.63) is 56.5 Å². The van der Waals surface area contributed by atoms with Crippen molar-refractivity contribution in [3.8, 4) is 22.8 Å². The van der Waals surface area contributed by atoms with Crippen LogP contribution in [0.25, 0.3) is 17.3 Å². The molecule has 5 rings (SSSR count). The Balaban J connectivity index is 1.65. The topological polar surface area (TPSA) is 77.0 Å². The number of hydrogen-bond acceptors (Lipinski definition) is 3. The largest absolute Gasteiger partial charge is 0.508 e. The third kappa shape index (κ3) is 2.99. The van der Waals surface area contributed by atoms with Gasteiger partial charge >= 0.3 is 0 Å². The molecule has 0 spiro atoms. The number of hydrogen-bond donors (Lipinski definition) is 4. The molecule has 0 saturated carbocycles. The van der Waals surface area contributed by atoms with Crippen LogP contribution >= 0.6 is 12.2 Å². The molecule has 31 heavy (non-hydrogen) atoms. The standard InChI is InChI=1S/C25H29N3O2S/c1-4-14-11-17(21(30)12-20(14)29)24-23(25(31)27-26-24)15-9-10-19-22(13(15)2)16-7-5-6-8-18(16)28(19)3/h9-13,15,29-30H,4-8H2,1-3H3,(H2,26,27,31). The van der Waals surface area contributed by atoms with E-state index in [0.29, 0.717) is 16.6 Å². The van der Waals surface area contributed by atoms with Gasteiger partial charge in [-0.1, -0.05) is 32.1 Å². The van der Waals surface area contributed by atoms with Crippen molar-refractivity contribution in [3.63, 3.8) is 0 Å². The summed E-state index contributed by atoms with van der Waals surface area (Å²) in [5.41, 5.74) is 9.05. The van der Waals surface area contributed by atoms with Crippen LogP contribution in [0.4, 0.5) is 0 Å². The quantitative estimate of drug-likeness (QED) is 0.390. The summed E-state index contributed by atoms with van der Waals surface area (Å²) in [6.07, 6.45) is 10.00. The predicted molar refractivity (Wildman–Crippen MR) is 126 cm³/mol. The van der Waals surface area contributed by atoms with Crippen LogP contribution in [0.1, 0.15) is 72.2 Å². The van der Waals surface area contributed by atoms with Crippen molar-refractivity contribution in [1.82, 2.24) is 14.8 Å². The zero-order valence-electron chi connectivity index (χ0n) is 18.2. The Morgan fingerprint density at radius 2 is 1.87 bits per heavy atom. The number of phenolic OH excluding ortho intramolecular Hbond substituents is 2. The minimum Gasteiger partial charge on any atom is -0.508 e. The van der Waals surface area contributed by atoms with E-state index in [1.165, 1.54) is 41.4 Å². The number of nitrogens with one attached hydrogen (secondary N) is 2. The van der Waals surface area contributed by atoms with E-state index < -0.39 is 0 Å². The van der Waals surface area contributed by atoms with Crippen molar-refractivity contribution in [1.29, 1.82) is 0 Å². The van der Waals surface area contributed by atoms with E-state index in [9.17, 15) is 10.2 Å². The highest BCUT2D eigenvalue weighted by atomic mass is 32.1. The Hall–Kier alpha value is -2.73. The summed E-state index contributed by atoms with van der Waals surface area (Å²) < 4.78 is 3.04. The van der Waals surface area contributed by atoms with Crippen molar-refractivity contribution < 1.29 is 10.2 Å². The van der Waals surface area contributed by atoms with E-state index in [0.717, 1.165) is 29.7 Å². The molecule has 162 valence electrons. The Kier molecular flexibility index (Phi) is 4.85. The van der Waals surface area contributed by atoms with Crippen molar-refractivity contribution in [2.75, 3.05) is 0 Å². The maximum atomic E-state index is 10.6. The molecule has 4 N–H and O–H groups in total. The monoisotopic (exact) mass is 435 g/mol. The van der Waals surface area contributed by atoms with Gasteiger partial charge in [0.1, 0.15) is 16.1 Å². The van der Waals surface area contributed by atoms with Crippen LogP contribution in [0, 0.1) is 4.64 Å². The van der Waals surface area contributed by atoms with Gasteiger partial charge in [0.15, 0.2) is 0 Å². The lowest BCUT2D eigenvalue weighted by Gasteiger charge is -2.27. The molecular formula is C25H29N3O2S. The second kappa shape index (κ2) is 7.45. The number of rotatable bonds is 3. The lowest BCUT2D eigenvalue weighted by Crippen LogP contribution is -2.13. The number of aromatic nitrogens is 3. The molecule has 0 bridgehead atoms. The fourth-order valence-electron chi connectivity index (χ4n) is 5.63. The maximum absolute atomic E-state index is 10.6. The predicted octanol–water partition coefficient (Wildman–Crippen LogP) is 5.84. The number of aryl methyl sites for hydroxylation is 1. The molecule has 2 unspecified atom stereocenters. The van der Waals surface area contributed by atoms with Crippen LogP contribution in [0.3, 0.4) is 0 Å². The van der Waals surface area contributed by atoms with Gasteiger partial charge in [0, 0.05) is 41.5 Å². The number of benzene rings is 1. The summed E-state index contributed by atoms with van der Waals surface area (Å²) in [5, 5.41) is 27.1. The van der Waals surface area contributed by atoms with Crippen LogP contribution in [0.2, 0.25) is 0 Å². The maximum Gasteiger partial charge on any atom is 0.128 e. The molecule has 6 heteroatoms. The van der Waals surface area contributed by atoms with Crippen molar-refractivity contribution in [2.45, 2.75) is 57.8 Å². The second-order valence-corrected chi connectivity index (χ2v) is 9.29. The highest BCUT2D eigenvalue weighted by Crippen LogP contribution is 2.48. The minimum atomic E-state index is 0.0476. The lowest BCUT2D eigenvalue weighted by molar-refractivity contribution is 0.447. The molecule has 0 saturated heterocycles. The number of aromatic hydroxyl groups is 2. The molecule has 0 fully saturated rings. The zero-order chi connectivity index (χ0) is 21.9. The summed E-state index contributed by atoms with van der Waals surface area (Å²) in [6, 6.07) is 3.28. The van der Waals surface area contributed by atoms with E-state index in [4.69, 9.17) is 12.2 Å². The Morgan fingerprint density at radius 3 is 2.65 bits per heavy atom. The van der Waals surface area contributed by atoms with Gasteiger partial charge in [-0.2, -0.15) is 0 Å². The molecule has 0 aliphatic heterocycles. The summed E-state index contributed by atoms with van der Waals surface area (Å²) in [7, 11) is 2.19. The van der Waals surface area contributed by atoms with Crippen LogP contribution in [-0.2, 0) is 26.3 Å². The fourth-order valence-corrected chi connectivity index (χ4v) is 5.92. The molecule has 3 aromatic rings. The zero-order valence-corrected chi connectivity index (χ0v) is 19.1. The van der Waals surface area contributed by atoms with Crippen molar-refractivity contribution in [2.24, 2.45) is 7.05 Å². The van der Waals surface area contributed by atoms with E-state index in [1.54, 1.807) is 0 Å². The lowest BCUT2D eigenvalue weighted by atomic mass is 9.76. The first kappa shape index (κ1) is 20.2. The number of H-pyrrole nitrogens is 2. The molecule has 2 aliphatic rings. The van der Waals surface area contributed by atoms with E-state index >= 15 is 0 Å². The van der Waals surface area contributed by atoms with Gasteiger partial charge in [-0.05, 0) is 66.9 Å². The average Bonchev–Trinajstić information content (AvgIpc) is 3.27. The van der Waals surface area contributed by atoms with Gasteiger partial charge in [-0.15, -0.1) is 0 Å². The summed E-state index contributed by atoms with van der Waals surface area (Å²) in [5.74, 6) is 0.546. The smallest absolute Gasteiger partial charge is 0.128 e. The average molecular weight is 436 g/mol. The number of allylic oxidation sites excluding steroid dienone is 1. The number of phenols is 2. The first-order valence-electron chi connectivity index (χ1n) is 11.2. The normalized spacial score (nSPS) is 20.0. The first-order valence-corrected chi connectivity index (χ1v) is 11.6. The Bertz CT molecular complexity index is 1260. The molecule has 2 atom stereocenters. The van der Waals surface area contributed by atoms with Crippen molar-refractivity contribution >= 4 is 18.3 Å². The summed E-state index contributed by atoms with van der Waals surface area (Å²) in [6.45, 7) is 4.28. The molecule has 2 heterocycles. The van der Waals surface area contributed by atoms with Gasteiger partial charge < -0.3 is 14.8 Å². The Morgan fingerprint density at radius 1 is 1.10 bits per heavy atom. The highest BCUT2D eigenvalue weighted by Gasteiger charge is 2.34. The SMILES string of the molecule is CCc1cc(-c2[nH][nH]c(=S)c2C2C=Cc3c(c4c(n3C)CCCC4)C2C)c(O)cc1O. The van der Waals surface area contributed by atoms with Gasteiger partial charge in [0.05, 0.1) is 5.69 Å². The van der Waals surface area contributed by atoms with Gasteiger partial charge in [0.25, 0.3) is 0 Å². The third-order valence-electron chi connectivity index (χ3n) is 7.26. The molecular weight excluding hydrogens is 406 g/mol. The molecule has 0 radical (unpaired) electrons. The van der Waals surface area contributed by atoms with E-state index in [2.05, 4.69) is 40.9 Å². The van der Waals surface area contributed by atoms with E-state index in [-0.39, 0.29) is 23.3 Å². The number of fused-ring (bicyclic) bond motifs is 3. The fraction of sp³-hybridized carbons (Fsp3) is 0.400. The van der Waals surface area contributed by atoms with Gasteiger partial charge in [-0.3, -0.25) is 10.2 Å². The molecule has 1 aromatic carbocycles. The van der Waals surface area contributed by atoms with Gasteiger partial charge in [-0.25, -0.2) is 0 Å². The highest BCUT2D eigenvalue weighted by molar-refractivity contribution is 7.71. The van der Waals surface area contributed by atoms with Gasteiger partial charge in [0.2, 0.25) is 0 Å². The minimum absolute atomic E-state index is 0.0476. The molecule has 2 aromatic heterocycles. The second-order valence-electron chi connectivity index (χ2n) is 8.88. The number of aromatic amines is 2. The molecule has 0 amide bonds. The summed E-state index contributed by atoms with van der Waals surface area (Å²) in [4.78, 5) is 0. The summed E-state index contributed by atoms with van der Waals surface area (Å²) >= 11 is 5.70. The first-order chi connectivity index (χ1) is 14.9. The van der Waals surface area contributed by atoms with Crippen LogP contribution in [0.5, 0.6) is 11.5 Å². The third-order valence-corrected chi connectivity index (χ3v) is 7.58. The van der Waals surface area contributed by atoms with Crippen LogP contribution in [0.15, 0.2) is 18.2 Å². The van der Waals surface area contributed by atoms with E-state index in [1.807, 2.05) is 13.0 Å².